The van der Waals surface area contributed by atoms with Crippen molar-refractivity contribution in [3.63, 3.8) is 0 Å². The molecule has 0 radical (unpaired) electrons. The van der Waals surface area contributed by atoms with Crippen molar-refractivity contribution < 1.29 is 0 Å². The van der Waals surface area contributed by atoms with Gasteiger partial charge in [0.1, 0.15) is 0 Å². The molecule has 0 saturated heterocycles. The summed E-state index contributed by atoms with van der Waals surface area (Å²) in [6.07, 6.45) is 5.03. The van der Waals surface area contributed by atoms with Gasteiger partial charge in [-0.05, 0) is 24.7 Å². The summed E-state index contributed by atoms with van der Waals surface area (Å²) in [5, 5.41) is 0. The first kappa shape index (κ1) is 12.9. The Hall–Kier alpha value is -0.0800. The molecule has 0 aliphatic carbocycles. The fourth-order valence-corrected chi connectivity index (χ4v) is 2.16. The third-order valence-electron chi connectivity index (χ3n) is 2.91. The standard InChI is InChI=1S/C11H26N2/c1-5-7-9(3)11(13-12)10(4)8-6-2/h9-11,13H,5-8,12H2,1-4H3. The molecule has 0 aliphatic heterocycles. The van der Waals surface area contributed by atoms with E-state index in [0.717, 1.165) is 0 Å². The summed E-state index contributed by atoms with van der Waals surface area (Å²) < 4.78 is 0. The second-order valence-corrected chi connectivity index (χ2v) is 4.22. The van der Waals surface area contributed by atoms with E-state index in [9.17, 15) is 0 Å². The molecule has 0 spiro atoms. The van der Waals surface area contributed by atoms with E-state index in [0.29, 0.717) is 17.9 Å². The van der Waals surface area contributed by atoms with Gasteiger partial charge in [-0.3, -0.25) is 11.3 Å². The van der Waals surface area contributed by atoms with Crippen molar-refractivity contribution in [3.8, 4) is 0 Å². The van der Waals surface area contributed by atoms with E-state index >= 15 is 0 Å². The molecule has 2 unspecified atom stereocenters. The molecule has 2 heteroatoms. The predicted octanol–water partition coefficient (Wildman–Crippen LogP) is 2.69. The number of rotatable bonds is 7. The van der Waals surface area contributed by atoms with Gasteiger partial charge in [0.25, 0.3) is 0 Å². The molecule has 0 bridgehead atoms. The van der Waals surface area contributed by atoms with Crippen LogP contribution in [-0.2, 0) is 0 Å². The number of hydrazine groups is 1. The second-order valence-electron chi connectivity index (χ2n) is 4.22. The fourth-order valence-electron chi connectivity index (χ4n) is 2.16. The van der Waals surface area contributed by atoms with E-state index in [-0.39, 0.29) is 0 Å². The Bertz CT molecular complexity index is 103. The molecule has 0 rings (SSSR count). The van der Waals surface area contributed by atoms with Crippen LogP contribution < -0.4 is 11.3 Å². The van der Waals surface area contributed by atoms with E-state index in [2.05, 4.69) is 33.1 Å². The zero-order valence-corrected chi connectivity index (χ0v) is 9.64. The first-order valence-corrected chi connectivity index (χ1v) is 5.63. The average Bonchev–Trinajstić information content (AvgIpc) is 2.06. The van der Waals surface area contributed by atoms with Crippen LogP contribution in [0.4, 0.5) is 0 Å². The van der Waals surface area contributed by atoms with Crippen LogP contribution in [0.15, 0.2) is 0 Å². The molecule has 2 atom stereocenters. The maximum atomic E-state index is 5.59. The highest BCUT2D eigenvalue weighted by molar-refractivity contribution is 4.76. The predicted molar refractivity (Wildman–Crippen MR) is 59.3 cm³/mol. The van der Waals surface area contributed by atoms with E-state index in [1.807, 2.05) is 0 Å². The van der Waals surface area contributed by atoms with E-state index in [1.54, 1.807) is 0 Å². The van der Waals surface area contributed by atoms with Crippen molar-refractivity contribution in [3.05, 3.63) is 0 Å². The maximum absolute atomic E-state index is 5.59. The molecule has 0 aromatic carbocycles. The summed E-state index contributed by atoms with van der Waals surface area (Å²) >= 11 is 0. The van der Waals surface area contributed by atoms with Crippen LogP contribution in [0, 0.1) is 11.8 Å². The van der Waals surface area contributed by atoms with Gasteiger partial charge >= 0.3 is 0 Å². The molecule has 2 nitrogen and oxygen atoms in total. The highest BCUT2D eigenvalue weighted by Crippen LogP contribution is 2.20. The maximum Gasteiger partial charge on any atom is 0.0261 e. The topological polar surface area (TPSA) is 38.0 Å². The minimum absolute atomic E-state index is 0.486. The Morgan fingerprint density at radius 2 is 1.38 bits per heavy atom. The molecule has 80 valence electrons. The number of hydrogen-bond acceptors (Lipinski definition) is 2. The quantitative estimate of drug-likeness (QED) is 0.474. The van der Waals surface area contributed by atoms with Crippen LogP contribution in [-0.4, -0.2) is 6.04 Å². The molecular weight excluding hydrogens is 160 g/mol. The summed E-state index contributed by atoms with van der Waals surface area (Å²) in [5.41, 5.74) is 2.97. The van der Waals surface area contributed by atoms with Gasteiger partial charge in [0, 0.05) is 6.04 Å². The van der Waals surface area contributed by atoms with Crippen molar-refractivity contribution in [2.45, 2.75) is 59.4 Å². The van der Waals surface area contributed by atoms with E-state index in [4.69, 9.17) is 5.84 Å². The molecule has 0 heterocycles. The van der Waals surface area contributed by atoms with Gasteiger partial charge in [-0.2, -0.15) is 0 Å². The summed E-state index contributed by atoms with van der Waals surface area (Å²) in [4.78, 5) is 0. The van der Waals surface area contributed by atoms with Crippen LogP contribution in [0.2, 0.25) is 0 Å². The average molecular weight is 186 g/mol. The van der Waals surface area contributed by atoms with Gasteiger partial charge < -0.3 is 0 Å². The largest absolute Gasteiger partial charge is 0.271 e. The number of nitrogens with one attached hydrogen (secondary N) is 1. The van der Waals surface area contributed by atoms with Gasteiger partial charge in [-0.1, -0.05) is 40.5 Å². The Kier molecular flexibility index (Phi) is 7.29. The molecule has 0 aromatic heterocycles. The lowest BCUT2D eigenvalue weighted by Crippen LogP contribution is -2.44. The minimum atomic E-state index is 0.486. The summed E-state index contributed by atoms with van der Waals surface area (Å²) in [6, 6.07) is 0.486. The Morgan fingerprint density at radius 1 is 1.00 bits per heavy atom. The molecule has 0 fully saturated rings. The van der Waals surface area contributed by atoms with Crippen LogP contribution in [0.5, 0.6) is 0 Å². The molecule has 0 amide bonds. The third kappa shape index (κ3) is 4.63. The van der Waals surface area contributed by atoms with Crippen LogP contribution >= 0.6 is 0 Å². The molecular formula is C11H26N2. The van der Waals surface area contributed by atoms with Gasteiger partial charge in [0.05, 0.1) is 0 Å². The molecule has 0 saturated carbocycles. The monoisotopic (exact) mass is 186 g/mol. The molecule has 3 N–H and O–H groups in total. The normalized spacial score (nSPS) is 18.2. The SMILES string of the molecule is CCCC(C)C(NN)C(C)CCC. The van der Waals surface area contributed by atoms with Crippen LogP contribution in [0.25, 0.3) is 0 Å². The van der Waals surface area contributed by atoms with Crippen molar-refractivity contribution in [1.82, 2.24) is 5.43 Å². The molecule has 13 heavy (non-hydrogen) atoms. The highest BCUT2D eigenvalue weighted by Gasteiger charge is 2.20. The molecule has 0 aliphatic rings. The lowest BCUT2D eigenvalue weighted by molar-refractivity contribution is 0.261. The first-order chi connectivity index (χ1) is 6.17. The van der Waals surface area contributed by atoms with Gasteiger partial charge in [0.2, 0.25) is 0 Å². The zero-order chi connectivity index (χ0) is 10.3. The first-order valence-electron chi connectivity index (χ1n) is 5.63. The Balaban J connectivity index is 3.98. The lowest BCUT2D eigenvalue weighted by atomic mass is 9.86. The fraction of sp³-hybridized carbons (Fsp3) is 1.00. The summed E-state index contributed by atoms with van der Waals surface area (Å²) in [7, 11) is 0. The van der Waals surface area contributed by atoms with Crippen LogP contribution in [0.3, 0.4) is 0 Å². The Morgan fingerprint density at radius 3 is 1.62 bits per heavy atom. The lowest BCUT2D eigenvalue weighted by Gasteiger charge is -2.28. The summed E-state index contributed by atoms with van der Waals surface area (Å²) in [6.45, 7) is 9.05. The third-order valence-corrected chi connectivity index (χ3v) is 2.91. The smallest absolute Gasteiger partial charge is 0.0261 e. The number of nitrogens with two attached hydrogens (primary N) is 1. The number of hydrogen-bond donors (Lipinski definition) is 2. The minimum Gasteiger partial charge on any atom is -0.271 e. The second kappa shape index (κ2) is 7.34. The zero-order valence-electron chi connectivity index (χ0n) is 9.64. The van der Waals surface area contributed by atoms with Crippen LogP contribution in [0.1, 0.15) is 53.4 Å². The van der Waals surface area contributed by atoms with E-state index in [1.165, 1.54) is 25.7 Å². The van der Waals surface area contributed by atoms with Gasteiger partial charge in [-0.15, -0.1) is 0 Å². The van der Waals surface area contributed by atoms with Gasteiger partial charge in [-0.25, -0.2) is 0 Å². The summed E-state index contributed by atoms with van der Waals surface area (Å²) in [5.74, 6) is 6.97. The van der Waals surface area contributed by atoms with Crippen molar-refractivity contribution in [2.75, 3.05) is 0 Å². The Labute approximate surface area is 83.2 Å². The van der Waals surface area contributed by atoms with Crippen molar-refractivity contribution >= 4 is 0 Å². The van der Waals surface area contributed by atoms with Gasteiger partial charge in [0.15, 0.2) is 0 Å². The van der Waals surface area contributed by atoms with Crippen molar-refractivity contribution in [1.29, 1.82) is 0 Å². The molecule has 0 aromatic rings. The highest BCUT2D eigenvalue weighted by atomic mass is 15.2. The van der Waals surface area contributed by atoms with E-state index < -0.39 is 0 Å². The van der Waals surface area contributed by atoms with Crippen molar-refractivity contribution in [2.24, 2.45) is 17.7 Å².